The van der Waals surface area contributed by atoms with Crippen molar-refractivity contribution in [3.8, 4) is 0 Å². The summed E-state index contributed by atoms with van der Waals surface area (Å²) in [6, 6.07) is 3.40. The Morgan fingerprint density at radius 2 is 1.63 bits per heavy atom. The Balaban J connectivity index is 2.53. The van der Waals surface area contributed by atoms with Gasteiger partial charge < -0.3 is 5.11 Å². The maximum atomic E-state index is 13.0. The first-order chi connectivity index (χ1) is 8.65. The zero-order valence-corrected chi connectivity index (χ0v) is 12.2. The van der Waals surface area contributed by atoms with Crippen molar-refractivity contribution in [2.45, 2.75) is 53.1 Å². The van der Waals surface area contributed by atoms with E-state index < -0.39 is 17.7 Å². The maximum absolute atomic E-state index is 13.0. The van der Waals surface area contributed by atoms with Crippen LogP contribution in [-0.4, -0.2) is 11.2 Å². The van der Waals surface area contributed by atoms with E-state index in [-0.39, 0.29) is 5.41 Å². The van der Waals surface area contributed by atoms with Gasteiger partial charge >= 0.3 is 0 Å². The third-order valence-corrected chi connectivity index (χ3v) is 3.03. The molecule has 0 aliphatic carbocycles. The van der Waals surface area contributed by atoms with Crippen LogP contribution in [0.15, 0.2) is 18.2 Å². The molecule has 0 saturated carbocycles. The Bertz CT molecular complexity index is 389. The second-order valence-corrected chi connectivity index (χ2v) is 6.74. The molecular weight excluding hydrogens is 246 g/mol. The number of aliphatic hydroxyl groups is 1. The smallest absolute Gasteiger partial charge is 0.126 e. The fraction of sp³-hybridized carbons (Fsp3) is 0.625. The van der Waals surface area contributed by atoms with E-state index in [9.17, 15) is 13.9 Å². The fourth-order valence-electron chi connectivity index (χ4n) is 2.68. The lowest BCUT2D eigenvalue weighted by molar-refractivity contribution is 0.132. The number of aliphatic hydroxyl groups excluding tert-OH is 1. The van der Waals surface area contributed by atoms with Crippen LogP contribution in [0.4, 0.5) is 8.78 Å². The number of hydrogen-bond donors (Lipinski definition) is 1. The zero-order chi connectivity index (χ0) is 14.6. The van der Waals surface area contributed by atoms with Gasteiger partial charge in [0.1, 0.15) is 11.6 Å². The van der Waals surface area contributed by atoms with Crippen LogP contribution in [0.3, 0.4) is 0 Å². The van der Waals surface area contributed by atoms with Crippen LogP contribution >= 0.6 is 0 Å². The Hall–Kier alpha value is -0.960. The van der Waals surface area contributed by atoms with E-state index >= 15 is 0 Å². The summed E-state index contributed by atoms with van der Waals surface area (Å²) in [5.41, 5.74) is 0.734. The van der Waals surface area contributed by atoms with Gasteiger partial charge in [-0.1, -0.05) is 27.7 Å². The van der Waals surface area contributed by atoms with Gasteiger partial charge in [0.05, 0.1) is 6.10 Å². The summed E-state index contributed by atoms with van der Waals surface area (Å²) in [7, 11) is 0. The summed E-state index contributed by atoms with van der Waals surface area (Å²) in [5.74, 6) is -0.803. The standard InChI is InChI=1S/C16H24F2O/c1-11(10-16(2,3)4)5-15(19)8-12-6-13(17)9-14(18)7-12/h6-7,9,11,15,19H,5,8,10H2,1-4H3. The van der Waals surface area contributed by atoms with Crippen molar-refractivity contribution >= 4 is 0 Å². The van der Waals surface area contributed by atoms with Gasteiger partial charge in [0, 0.05) is 6.07 Å². The molecule has 0 aromatic heterocycles. The number of halogens is 2. The second kappa shape index (κ2) is 6.47. The summed E-state index contributed by atoms with van der Waals surface area (Å²) >= 11 is 0. The van der Waals surface area contributed by atoms with Crippen molar-refractivity contribution in [2.24, 2.45) is 11.3 Å². The third-order valence-electron chi connectivity index (χ3n) is 3.03. The van der Waals surface area contributed by atoms with Gasteiger partial charge in [0.25, 0.3) is 0 Å². The molecule has 0 spiro atoms. The molecule has 0 fully saturated rings. The van der Waals surface area contributed by atoms with Gasteiger partial charge in [-0.05, 0) is 48.3 Å². The van der Waals surface area contributed by atoms with Crippen LogP contribution in [0.2, 0.25) is 0 Å². The van der Waals surface area contributed by atoms with E-state index in [2.05, 4.69) is 27.7 Å². The van der Waals surface area contributed by atoms with Crippen LogP contribution in [0, 0.1) is 23.0 Å². The van der Waals surface area contributed by atoms with E-state index in [1.54, 1.807) is 0 Å². The van der Waals surface area contributed by atoms with Gasteiger partial charge in [-0.15, -0.1) is 0 Å². The molecular formula is C16H24F2O. The van der Waals surface area contributed by atoms with Gasteiger partial charge in [0.15, 0.2) is 0 Å². The van der Waals surface area contributed by atoms with E-state index in [0.29, 0.717) is 24.3 Å². The molecule has 108 valence electrons. The molecule has 1 N–H and O–H groups in total. The predicted molar refractivity (Wildman–Crippen MR) is 73.9 cm³/mol. The summed E-state index contributed by atoms with van der Waals surface area (Å²) in [6.07, 6.45) is 1.40. The molecule has 0 bridgehead atoms. The Labute approximate surface area is 114 Å². The molecule has 0 amide bonds. The molecule has 0 heterocycles. The van der Waals surface area contributed by atoms with Gasteiger partial charge in [-0.2, -0.15) is 0 Å². The van der Waals surface area contributed by atoms with Crippen molar-refractivity contribution in [2.75, 3.05) is 0 Å². The van der Waals surface area contributed by atoms with Crippen molar-refractivity contribution < 1.29 is 13.9 Å². The largest absolute Gasteiger partial charge is 0.393 e. The highest BCUT2D eigenvalue weighted by Gasteiger charge is 2.18. The highest BCUT2D eigenvalue weighted by Crippen LogP contribution is 2.27. The molecule has 2 atom stereocenters. The number of hydrogen-bond acceptors (Lipinski definition) is 1. The molecule has 1 aromatic carbocycles. The van der Waals surface area contributed by atoms with Crippen molar-refractivity contribution in [3.63, 3.8) is 0 Å². The second-order valence-electron chi connectivity index (χ2n) is 6.74. The predicted octanol–water partition coefficient (Wildman–Crippen LogP) is 4.33. The first-order valence-electron chi connectivity index (χ1n) is 6.79. The number of benzene rings is 1. The van der Waals surface area contributed by atoms with Crippen LogP contribution in [0.25, 0.3) is 0 Å². The quantitative estimate of drug-likeness (QED) is 0.844. The molecule has 0 aliphatic heterocycles. The normalized spacial score (nSPS) is 15.3. The molecule has 0 saturated heterocycles. The molecule has 0 radical (unpaired) electrons. The lowest BCUT2D eigenvalue weighted by Crippen LogP contribution is -2.19. The van der Waals surface area contributed by atoms with E-state index in [4.69, 9.17) is 0 Å². The third kappa shape index (κ3) is 6.67. The monoisotopic (exact) mass is 270 g/mol. The summed E-state index contributed by atoms with van der Waals surface area (Å²) in [4.78, 5) is 0. The first kappa shape index (κ1) is 16.1. The summed E-state index contributed by atoms with van der Waals surface area (Å²) in [5, 5.41) is 10.0. The molecule has 0 aliphatic rings. The Morgan fingerprint density at radius 3 is 2.11 bits per heavy atom. The van der Waals surface area contributed by atoms with Crippen LogP contribution in [0.1, 0.15) is 46.1 Å². The van der Waals surface area contributed by atoms with Gasteiger partial charge in [0.2, 0.25) is 0 Å². The highest BCUT2D eigenvalue weighted by atomic mass is 19.1. The summed E-state index contributed by atoms with van der Waals surface area (Å²) < 4.78 is 26.1. The van der Waals surface area contributed by atoms with Gasteiger partial charge in [-0.3, -0.25) is 0 Å². The Morgan fingerprint density at radius 1 is 1.11 bits per heavy atom. The zero-order valence-electron chi connectivity index (χ0n) is 12.2. The lowest BCUT2D eigenvalue weighted by Gasteiger charge is -2.24. The molecule has 1 nitrogen and oxygen atoms in total. The minimum Gasteiger partial charge on any atom is -0.393 e. The van der Waals surface area contributed by atoms with Crippen LogP contribution < -0.4 is 0 Å². The van der Waals surface area contributed by atoms with Crippen molar-refractivity contribution in [1.29, 1.82) is 0 Å². The minimum absolute atomic E-state index is 0.226. The number of rotatable bonds is 5. The van der Waals surface area contributed by atoms with Gasteiger partial charge in [-0.25, -0.2) is 8.78 Å². The summed E-state index contributed by atoms with van der Waals surface area (Å²) in [6.45, 7) is 8.59. The van der Waals surface area contributed by atoms with E-state index in [1.165, 1.54) is 12.1 Å². The fourth-order valence-corrected chi connectivity index (χ4v) is 2.68. The molecule has 2 unspecified atom stereocenters. The van der Waals surface area contributed by atoms with Crippen LogP contribution in [0.5, 0.6) is 0 Å². The van der Waals surface area contributed by atoms with Crippen molar-refractivity contribution in [1.82, 2.24) is 0 Å². The van der Waals surface area contributed by atoms with Crippen molar-refractivity contribution in [3.05, 3.63) is 35.4 Å². The van der Waals surface area contributed by atoms with E-state index in [0.717, 1.165) is 12.5 Å². The molecule has 19 heavy (non-hydrogen) atoms. The minimum atomic E-state index is -0.593. The molecule has 3 heteroatoms. The van der Waals surface area contributed by atoms with E-state index in [1.807, 2.05) is 0 Å². The Kier molecular flexibility index (Phi) is 5.48. The van der Waals surface area contributed by atoms with Crippen LogP contribution in [-0.2, 0) is 6.42 Å². The topological polar surface area (TPSA) is 20.2 Å². The average Bonchev–Trinajstić information content (AvgIpc) is 2.10. The lowest BCUT2D eigenvalue weighted by atomic mass is 9.83. The molecule has 1 rings (SSSR count). The maximum Gasteiger partial charge on any atom is 0.126 e. The first-order valence-corrected chi connectivity index (χ1v) is 6.79. The molecule has 1 aromatic rings. The average molecular weight is 270 g/mol. The SMILES string of the molecule is CC(CC(O)Cc1cc(F)cc(F)c1)CC(C)(C)C. The highest BCUT2D eigenvalue weighted by molar-refractivity contribution is 5.18.